The van der Waals surface area contributed by atoms with Crippen LogP contribution in [0.1, 0.15) is 19.8 Å². The topological polar surface area (TPSA) is 82.9 Å². The molecule has 0 saturated carbocycles. The largest absolute Gasteiger partial charge is 0.454 e. The van der Waals surface area contributed by atoms with E-state index >= 15 is 0 Å². The highest BCUT2D eigenvalue weighted by Crippen LogP contribution is 2.40. The van der Waals surface area contributed by atoms with E-state index in [-0.39, 0.29) is 24.7 Å². The van der Waals surface area contributed by atoms with Crippen LogP contribution in [0.4, 0.5) is 11.4 Å². The van der Waals surface area contributed by atoms with Crippen molar-refractivity contribution in [2.75, 3.05) is 18.7 Å². The number of ether oxygens (including phenoxy) is 3. The van der Waals surface area contributed by atoms with Gasteiger partial charge < -0.3 is 19.5 Å². The van der Waals surface area contributed by atoms with Crippen LogP contribution >= 0.6 is 0 Å². The maximum atomic E-state index is 11.1. The zero-order chi connectivity index (χ0) is 14.1. The maximum absolute atomic E-state index is 11.1. The zero-order valence-electron chi connectivity index (χ0n) is 11.1. The number of rotatable bonds is 4. The van der Waals surface area contributed by atoms with Crippen molar-refractivity contribution in [2.24, 2.45) is 0 Å². The molecular weight excluding hydrogens is 264 g/mol. The molecule has 0 aliphatic carbocycles. The third-order valence-electron chi connectivity index (χ3n) is 3.53. The number of nitro benzene ring substituents is 1. The molecule has 108 valence electrons. The van der Waals surface area contributed by atoms with Gasteiger partial charge in [0.1, 0.15) is 5.69 Å². The van der Waals surface area contributed by atoms with Crippen LogP contribution in [0.25, 0.3) is 0 Å². The van der Waals surface area contributed by atoms with Gasteiger partial charge in [0.25, 0.3) is 5.69 Å². The van der Waals surface area contributed by atoms with Crippen molar-refractivity contribution in [3.63, 3.8) is 0 Å². The quantitative estimate of drug-likeness (QED) is 0.673. The smallest absolute Gasteiger partial charge is 0.296 e. The Labute approximate surface area is 116 Å². The fourth-order valence-corrected chi connectivity index (χ4v) is 2.48. The van der Waals surface area contributed by atoms with Crippen molar-refractivity contribution < 1.29 is 19.1 Å². The molecule has 7 nitrogen and oxygen atoms in total. The van der Waals surface area contributed by atoms with E-state index in [2.05, 4.69) is 5.32 Å². The van der Waals surface area contributed by atoms with Gasteiger partial charge in [-0.3, -0.25) is 10.1 Å². The second-order valence-electron chi connectivity index (χ2n) is 5.01. The molecule has 2 atom stereocenters. The molecular formula is C13H16N2O5. The molecule has 2 aliphatic heterocycles. The molecule has 0 bridgehead atoms. The molecule has 0 spiro atoms. The van der Waals surface area contributed by atoms with Gasteiger partial charge in [-0.2, -0.15) is 0 Å². The second-order valence-corrected chi connectivity index (χ2v) is 5.01. The van der Waals surface area contributed by atoms with Crippen molar-refractivity contribution in [3.05, 3.63) is 22.2 Å². The average Bonchev–Trinajstić information content (AvgIpc) is 3.03. The Balaban J connectivity index is 1.76. The first-order valence-electron chi connectivity index (χ1n) is 6.61. The Morgan fingerprint density at radius 1 is 1.35 bits per heavy atom. The SMILES string of the molecule is CC1CCC(CNc2cc3c(cc2[N+](=O)[O-])OCO3)O1. The van der Waals surface area contributed by atoms with E-state index in [0.29, 0.717) is 23.7 Å². The molecule has 2 aliphatic rings. The first-order valence-corrected chi connectivity index (χ1v) is 6.61. The van der Waals surface area contributed by atoms with Gasteiger partial charge >= 0.3 is 0 Å². The lowest BCUT2D eigenvalue weighted by Gasteiger charge is -2.13. The molecule has 0 amide bonds. The molecule has 1 saturated heterocycles. The van der Waals surface area contributed by atoms with Crippen LogP contribution in [0.15, 0.2) is 12.1 Å². The summed E-state index contributed by atoms with van der Waals surface area (Å²) in [4.78, 5) is 10.7. The Kier molecular flexibility index (Phi) is 3.35. The lowest BCUT2D eigenvalue weighted by atomic mass is 10.2. The number of benzene rings is 1. The Hall–Kier alpha value is -2.02. The molecule has 1 N–H and O–H groups in total. The number of nitrogens with zero attached hydrogens (tertiary/aromatic N) is 1. The predicted molar refractivity (Wildman–Crippen MR) is 71.3 cm³/mol. The van der Waals surface area contributed by atoms with Gasteiger partial charge in [0.05, 0.1) is 23.2 Å². The summed E-state index contributed by atoms with van der Waals surface area (Å²) in [7, 11) is 0. The molecule has 2 unspecified atom stereocenters. The highest BCUT2D eigenvalue weighted by atomic mass is 16.7. The molecule has 7 heteroatoms. The van der Waals surface area contributed by atoms with Crippen LogP contribution < -0.4 is 14.8 Å². The van der Waals surface area contributed by atoms with E-state index < -0.39 is 4.92 Å². The van der Waals surface area contributed by atoms with Crippen LogP contribution in [0.2, 0.25) is 0 Å². The Morgan fingerprint density at radius 3 is 2.75 bits per heavy atom. The highest BCUT2D eigenvalue weighted by Gasteiger charge is 2.25. The fourth-order valence-electron chi connectivity index (χ4n) is 2.48. The summed E-state index contributed by atoms with van der Waals surface area (Å²) < 4.78 is 16.1. The van der Waals surface area contributed by atoms with Gasteiger partial charge in [-0.05, 0) is 19.8 Å². The molecule has 2 heterocycles. The molecule has 0 radical (unpaired) electrons. The van der Waals surface area contributed by atoms with Crippen LogP contribution in [0.5, 0.6) is 11.5 Å². The van der Waals surface area contributed by atoms with Gasteiger partial charge in [-0.1, -0.05) is 0 Å². The molecule has 1 aromatic carbocycles. The summed E-state index contributed by atoms with van der Waals surface area (Å²) in [6.07, 6.45) is 2.34. The van der Waals surface area contributed by atoms with E-state index in [1.54, 1.807) is 6.07 Å². The number of hydrogen-bond acceptors (Lipinski definition) is 6. The lowest BCUT2D eigenvalue weighted by molar-refractivity contribution is -0.384. The monoisotopic (exact) mass is 280 g/mol. The Bertz CT molecular complexity index is 534. The first-order chi connectivity index (χ1) is 9.63. The van der Waals surface area contributed by atoms with Crippen molar-refractivity contribution in [1.82, 2.24) is 0 Å². The van der Waals surface area contributed by atoms with Gasteiger partial charge in [-0.15, -0.1) is 0 Å². The van der Waals surface area contributed by atoms with Crippen LogP contribution in [-0.4, -0.2) is 30.5 Å². The summed E-state index contributed by atoms with van der Waals surface area (Å²) in [5, 5.41) is 14.2. The van der Waals surface area contributed by atoms with Crippen LogP contribution in [0, 0.1) is 10.1 Å². The van der Waals surface area contributed by atoms with Crippen molar-refractivity contribution in [2.45, 2.75) is 32.0 Å². The second kappa shape index (κ2) is 5.16. The minimum atomic E-state index is -0.428. The number of anilines is 1. The number of hydrogen-bond donors (Lipinski definition) is 1. The van der Waals surface area contributed by atoms with E-state index in [9.17, 15) is 10.1 Å². The molecule has 20 heavy (non-hydrogen) atoms. The summed E-state index contributed by atoms with van der Waals surface area (Å²) in [5.74, 6) is 0.937. The lowest BCUT2D eigenvalue weighted by Crippen LogP contribution is -2.20. The standard InChI is InChI=1S/C13H16N2O5/c1-8-2-3-9(20-8)6-14-10-4-12-13(19-7-18-12)5-11(10)15(16)17/h4-5,8-9,14H,2-3,6-7H2,1H3. The third kappa shape index (κ3) is 2.49. The Morgan fingerprint density at radius 2 is 2.10 bits per heavy atom. The predicted octanol–water partition coefficient (Wildman–Crippen LogP) is 2.30. The van der Waals surface area contributed by atoms with Crippen LogP contribution in [0.3, 0.4) is 0 Å². The molecule has 3 rings (SSSR count). The molecule has 1 aromatic rings. The van der Waals surface area contributed by atoms with E-state index in [1.807, 2.05) is 6.92 Å². The van der Waals surface area contributed by atoms with Crippen molar-refractivity contribution in [1.29, 1.82) is 0 Å². The molecule has 1 fully saturated rings. The van der Waals surface area contributed by atoms with Gasteiger partial charge in [-0.25, -0.2) is 0 Å². The number of nitro groups is 1. The van der Waals surface area contributed by atoms with E-state index in [0.717, 1.165) is 12.8 Å². The van der Waals surface area contributed by atoms with E-state index in [1.165, 1.54) is 6.07 Å². The summed E-state index contributed by atoms with van der Waals surface area (Å²) >= 11 is 0. The number of fused-ring (bicyclic) bond motifs is 1. The fraction of sp³-hybridized carbons (Fsp3) is 0.538. The average molecular weight is 280 g/mol. The zero-order valence-corrected chi connectivity index (χ0v) is 11.1. The highest BCUT2D eigenvalue weighted by molar-refractivity contribution is 5.69. The van der Waals surface area contributed by atoms with Gasteiger partial charge in [0.2, 0.25) is 6.79 Å². The minimum absolute atomic E-state index is 0.0136. The molecule has 0 aromatic heterocycles. The maximum Gasteiger partial charge on any atom is 0.296 e. The summed E-state index contributed by atoms with van der Waals surface area (Å²) in [6.45, 7) is 2.67. The summed E-state index contributed by atoms with van der Waals surface area (Å²) in [5.41, 5.74) is 0.419. The van der Waals surface area contributed by atoms with Crippen LogP contribution in [-0.2, 0) is 4.74 Å². The normalized spacial score (nSPS) is 23.9. The van der Waals surface area contributed by atoms with Gasteiger partial charge in [0, 0.05) is 12.6 Å². The minimum Gasteiger partial charge on any atom is -0.454 e. The van der Waals surface area contributed by atoms with Crippen molar-refractivity contribution >= 4 is 11.4 Å². The summed E-state index contributed by atoms with van der Waals surface area (Å²) in [6, 6.07) is 3.00. The number of nitrogens with one attached hydrogen (secondary N) is 1. The third-order valence-corrected chi connectivity index (χ3v) is 3.53. The van der Waals surface area contributed by atoms with Crippen molar-refractivity contribution in [3.8, 4) is 11.5 Å². The first kappa shape index (κ1) is 13.0. The van der Waals surface area contributed by atoms with E-state index in [4.69, 9.17) is 14.2 Å². The van der Waals surface area contributed by atoms with Gasteiger partial charge in [0.15, 0.2) is 11.5 Å².